The fourth-order valence-electron chi connectivity index (χ4n) is 4.13. The van der Waals surface area contributed by atoms with Crippen molar-refractivity contribution in [1.29, 1.82) is 0 Å². The number of hydrogen-bond donors (Lipinski definition) is 0. The Bertz CT molecular complexity index is 496. The molecular weight excluding hydrogens is 272 g/mol. The molecule has 1 fully saturated rings. The molecule has 2 aliphatic carbocycles. The lowest BCUT2D eigenvalue weighted by molar-refractivity contribution is -0.213. The van der Waals surface area contributed by atoms with E-state index in [9.17, 15) is 0 Å². The normalized spacial score (nSPS) is 30.1. The molecule has 1 saturated carbocycles. The Kier molecular flexibility index (Phi) is 4.70. The van der Waals surface area contributed by atoms with Crippen molar-refractivity contribution in [3.63, 3.8) is 0 Å². The first-order chi connectivity index (χ1) is 10.6. The van der Waals surface area contributed by atoms with Gasteiger partial charge in [-0.1, -0.05) is 42.5 Å². The third-order valence-electron chi connectivity index (χ3n) is 4.83. The lowest BCUT2D eigenvalue weighted by Crippen LogP contribution is -2.37. The molecule has 3 rings (SSSR count). The van der Waals surface area contributed by atoms with Crippen LogP contribution in [-0.4, -0.2) is 18.5 Å². The predicted octanol–water partition coefficient (Wildman–Crippen LogP) is 4.77. The molecule has 2 aliphatic rings. The van der Waals surface area contributed by atoms with Crippen molar-refractivity contribution in [2.45, 2.75) is 58.5 Å². The number of allylic oxidation sites excluding steroid dienone is 2. The Balaban J connectivity index is 1.89. The minimum absolute atomic E-state index is 0.120. The third kappa shape index (κ3) is 3.13. The van der Waals surface area contributed by atoms with Crippen molar-refractivity contribution in [3.8, 4) is 0 Å². The Labute approximate surface area is 134 Å². The number of fused-ring (bicyclic) bond motifs is 2. The summed E-state index contributed by atoms with van der Waals surface area (Å²) in [5.74, 6) is 2.14. The quantitative estimate of drug-likeness (QED) is 0.556. The van der Waals surface area contributed by atoms with Crippen molar-refractivity contribution >= 4 is 0 Å². The van der Waals surface area contributed by atoms with E-state index in [1.54, 1.807) is 0 Å². The minimum Gasteiger partial charge on any atom is -0.350 e. The van der Waals surface area contributed by atoms with Gasteiger partial charge < -0.3 is 9.47 Å². The summed E-state index contributed by atoms with van der Waals surface area (Å²) in [7, 11) is 0. The maximum absolute atomic E-state index is 6.19. The van der Waals surface area contributed by atoms with E-state index < -0.39 is 0 Å². The fraction of sp³-hybridized carbons (Fsp3) is 0.600. The number of hydrogen-bond acceptors (Lipinski definition) is 2. The summed E-state index contributed by atoms with van der Waals surface area (Å²) in [6.07, 6.45) is 6.27. The van der Waals surface area contributed by atoms with Crippen LogP contribution in [0.25, 0.3) is 0 Å². The Hall–Kier alpha value is -1.12. The van der Waals surface area contributed by atoms with Gasteiger partial charge in [-0.3, -0.25) is 0 Å². The molecule has 0 unspecified atom stereocenters. The van der Waals surface area contributed by atoms with E-state index >= 15 is 0 Å². The van der Waals surface area contributed by atoms with E-state index in [1.165, 1.54) is 12.0 Å². The van der Waals surface area contributed by atoms with Crippen LogP contribution in [0.3, 0.4) is 0 Å². The van der Waals surface area contributed by atoms with Gasteiger partial charge in [0.15, 0.2) is 6.29 Å². The Morgan fingerprint density at radius 3 is 2.05 bits per heavy atom. The molecule has 2 heteroatoms. The highest BCUT2D eigenvalue weighted by molar-refractivity contribution is 5.29. The fourth-order valence-corrected chi connectivity index (χ4v) is 4.13. The largest absolute Gasteiger partial charge is 0.350 e. The first-order valence-corrected chi connectivity index (χ1v) is 8.60. The molecule has 1 aromatic rings. The molecule has 0 saturated heterocycles. The maximum atomic E-state index is 6.19. The molecule has 4 atom stereocenters. The number of ether oxygens (including phenoxy) is 2. The van der Waals surface area contributed by atoms with Gasteiger partial charge in [-0.25, -0.2) is 0 Å². The van der Waals surface area contributed by atoms with Crippen LogP contribution in [0.2, 0.25) is 0 Å². The van der Waals surface area contributed by atoms with Crippen LogP contribution < -0.4 is 0 Å². The lowest BCUT2D eigenvalue weighted by atomic mass is 9.78. The van der Waals surface area contributed by atoms with Gasteiger partial charge in [0.1, 0.15) is 0 Å². The highest BCUT2D eigenvalue weighted by Gasteiger charge is 2.49. The van der Waals surface area contributed by atoms with Crippen molar-refractivity contribution < 1.29 is 9.47 Å². The van der Waals surface area contributed by atoms with Crippen molar-refractivity contribution in [2.24, 2.45) is 17.8 Å². The molecule has 0 heterocycles. The molecule has 0 radical (unpaired) electrons. The van der Waals surface area contributed by atoms with Gasteiger partial charge in [0.2, 0.25) is 0 Å². The lowest BCUT2D eigenvalue weighted by Gasteiger charge is -2.36. The van der Waals surface area contributed by atoms with Gasteiger partial charge in [-0.15, -0.1) is 0 Å². The second-order valence-corrected chi connectivity index (χ2v) is 7.20. The zero-order valence-corrected chi connectivity index (χ0v) is 14.1. The highest BCUT2D eigenvalue weighted by atomic mass is 16.7. The van der Waals surface area contributed by atoms with Crippen molar-refractivity contribution in [3.05, 3.63) is 48.0 Å². The molecule has 2 bridgehead atoms. The molecule has 1 aromatic carbocycles. The van der Waals surface area contributed by atoms with Crippen LogP contribution in [0.1, 0.15) is 45.6 Å². The first-order valence-electron chi connectivity index (χ1n) is 8.60. The van der Waals surface area contributed by atoms with Crippen molar-refractivity contribution in [1.82, 2.24) is 0 Å². The van der Waals surface area contributed by atoms with Gasteiger partial charge in [0.05, 0.1) is 12.2 Å². The standard InChI is InChI=1S/C20H28O2/c1-13(2)21-20(22-14(3)4)19-17-11-10-16(12-17)18(19)15-8-6-5-7-9-15/h5-11,13-14,16-20H,12H2,1-4H3/t16-,17+,18-,19-/m0/s1. The summed E-state index contributed by atoms with van der Waals surface area (Å²) in [5.41, 5.74) is 1.43. The van der Waals surface area contributed by atoms with Crippen LogP contribution >= 0.6 is 0 Å². The SMILES string of the molecule is CC(C)OC(OC(C)C)[C@@H]1[C@@H](c2ccccc2)[C@H]2C=C[C@@H]1C2. The van der Waals surface area contributed by atoms with Crippen molar-refractivity contribution in [2.75, 3.05) is 0 Å². The molecule has 0 aliphatic heterocycles. The smallest absolute Gasteiger partial charge is 0.162 e. The Morgan fingerprint density at radius 2 is 1.45 bits per heavy atom. The zero-order valence-electron chi connectivity index (χ0n) is 14.1. The van der Waals surface area contributed by atoms with Gasteiger partial charge in [0, 0.05) is 5.92 Å². The van der Waals surface area contributed by atoms with E-state index in [0.717, 1.165) is 0 Å². The average Bonchev–Trinajstić information content (AvgIpc) is 3.07. The van der Waals surface area contributed by atoms with Crippen LogP contribution in [0.5, 0.6) is 0 Å². The summed E-state index contributed by atoms with van der Waals surface area (Å²) in [4.78, 5) is 0. The van der Waals surface area contributed by atoms with Gasteiger partial charge in [0.25, 0.3) is 0 Å². The average molecular weight is 300 g/mol. The van der Waals surface area contributed by atoms with E-state index in [0.29, 0.717) is 23.7 Å². The number of benzene rings is 1. The highest BCUT2D eigenvalue weighted by Crippen LogP contribution is 2.55. The second kappa shape index (κ2) is 6.55. The summed E-state index contributed by atoms with van der Waals surface area (Å²) >= 11 is 0. The van der Waals surface area contributed by atoms with Gasteiger partial charge >= 0.3 is 0 Å². The molecule has 2 nitrogen and oxygen atoms in total. The molecule has 0 aromatic heterocycles. The molecule has 0 spiro atoms. The summed E-state index contributed by atoms with van der Waals surface area (Å²) in [6.45, 7) is 8.38. The van der Waals surface area contributed by atoms with E-state index in [4.69, 9.17) is 9.47 Å². The number of rotatable bonds is 6. The van der Waals surface area contributed by atoms with Gasteiger partial charge in [-0.2, -0.15) is 0 Å². The summed E-state index contributed by atoms with van der Waals surface area (Å²) in [5, 5.41) is 0. The molecule has 120 valence electrons. The molecule has 0 amide bonds. The van der Waals surface area contributed by atoms with Crippen LogP contribution in [0, 0.1) is 17.8 Å². The van der Waals surface area contributed by atoms with E-state index in [-0.39, 0.29) is 18.5 Å². The monoisotopic (exact) mass is 300 g/mol. The first kappa shape index (κ1) is 15.8. The van der Waals surface area contributed by atoms with E-state index in [2.05, 4.69) is 70.2 Å². The van der Waals surface area contributed by atoms with Crippen LogP contribution in [0.15, 0.2) is 42.5 Å². The van der Waals surface area contributed by atoms with Gasteiger partial charge in [-0.05, 0) is 57.4 Å². The maximum Gasteiger partial charge on any atom is 0.162 e. The molecular formula is C20H28O2. The predicted molar refractivity (Wildman–Crippen MR) is 89.6 cm³/mol. The second-order valence-electron chi connectivity index (χ2n) is 7.20. The molecule has 22 heavy (non-hydrogen) atoms. The minimum atomic E-state index is -0.120. The third-order valence-corrected chi connectivity index (χ3v) is 4.83. The topological polar surface area (TPSA) is 18.5 Å². The zero-order chi connectivity index (χ0) is 15.7. The summed E-state index contributed by atoms with van der Waals surface area (Å²) < 4.78 is 12.4. The summed E-state index contributed by atoms with van der Waals surface area (Å²) in [6, 6.07) is 10.9. The van der Waals surface area contributed by atoms with Crippen LogP contribution in [-0.2, 0) is 9.47 Å². The van der Waals surface area contributed by atoms with E-state index in [1.807, 2.05) is 0 Å². The van der Waals surface area contributed by atoms with Crippen LogP contribution in [0.4, 0.5) is 0 Å². The Morgan fingerprint density at radius 1 is 0.864 bits per heavy atom. The molecule has 0 N–H and O–H groups in total.